The number of imide groups is 1. The maximum Gasteiger partial charge on any atom is 0.308 e. The van der Waals surface area contributed by atoms with Crippen LogP contribution in [0.4, 0.5) is 0 Å². The van der Waals surface area contributed by atoms with E-state index in [2.05, 4.69) is 5.32 Å². The summed E-state index contributed by atoms with van der Waals surface area (Å²) in [5.41, 5.74) is 0.895. The average Bonchev–Trinajstić information content (AvgIpc) is 3.05. The van der Waals surface area contributed by atoms with Gasteiger partial charge in [-0.3, -0.25) is 24.1 Å². The molecular formula is C18H20N2O5. The van der Waals surface area contributed by atoms with Gasteiger partial charge in [0.05, 0.1) is 6.42 Å². The number of hydrogen-bond acceptors (Lipinski definition) is 5. The van der Waals surface area contributed by atoms with E-state index in [-0.39, 0.29) is 24.8 Å². The molecule has 25 heavy (non-hydrogen) atoms. The van der Waals surface area contributed by atoms with Crippen molar-refractivity contribution in [3.05, 3.63) is 42.0 Å². The molecule has 1 aromatic carbocycles. The lowest BCUT2D eigenvalue weighted by Gasteiger charge is -2.13. The zero-order valence-electron chi connectivity index (χ0n) is 13.8. The Morgan fingerprint density at radius 3 is 2.64 bits per heavy atom. The normalized spacial score (nSPS) is 13.9. The van der Waals surface area contributed by atoms with Crippen LogP contribution in [0.3, 0.4) is 0 Å². The minimum absolute atomic E-state index is 0.0495. The van der Waals surface area contributed by atoms with Crippen molar-refractivity contribution in [3.8, 4) is 0 Å². The van der Waals surface area contributed by atoms with Crippen LogP contribution in [0, 0.1) is 0 Å². The molecule has 0 bridgehead atoms. The van der Waals surface area contributed by atoms with E-state index < -0.39 is 18.5 Å². The molecule has 1 heterocycles. The van der Waals surface area contributed by atoms with Gasteiger partial charge in [-0.1, -0.05) is 30.3 Å². The van der Waals surface area contributed by atoms with E-state index in [1.165, 1.54) is 6.08 Å². The van der Waals surface area contributed by atoms with Crippen molar-refractivity contribution in [2.45, 2.75) is 19.3 Å². The lowest BCUT2D eigenvalue weighted by molar-refractivity contribution is -0.154. The first kappa shape index (κ1) is 18.4. The SMILES string of the molecule is O=C(/C=C/c1ccccc1)NCCC(=O)OCC(=O)N1CCCC1=O. The Balaban J connectivity index is 1.61. The number of benzene rings is 1. The Bertz CT molecular complexity index is 669. The van der Waals surface area contributed by atoms with Gasteiger partial charge in [0.15, 0.2) is 6.61 Å². The van der Waals surface area contributed by atoms with Gasteiger partial charge in [0.2, 0.25) is 11.8 Å². The summed E-state index contributed by atoms with van der Waals surface area (Å²) in [4.78, 5) is 47.4. The van der Waals surface area contributed by atoms with Crippen LogP contribution in [0.25, 0.3) is 6.08 Å². The standard InChI is InChI=1S/C18H20N2O5/c21-15(9-8-14-5-2-1-3-6-14)19-11-10-18(24)25-13-17(23)20-12-4-7-16(20)22/h1-3,5-6,8-9H,4,7,10-13H2,(H,19,21)/b9-8+. The number of rotatable bonds is 7. The second kappa shape index (κ2) is 9.36. The molecule has 3 amide bonds. The highest BCUT2D eigenvalue weighted by Crippen LogP contribution is 2.09. The quantitative estimate of drug-likeness (QED) is 0.586. The first-order chi connectivity index (χ1) is 12.1. The third-order valence-corrected chi connectivity index (χ3v) is 3.59. The number of amides is 3. The number of nitrogens with one attached hydrogen (secondary N) is 1. The molecule has 0 atom stereocenters. The first-order valence-corrected chi connectivity index (χ1v) is 8.06. The fourth-order valence-electron chi connectivity index (χ4n) is 2.29. The number of ether oxygens (including phenoxy) is 1. The van der Waals surface area contributed by atoms with Crippen LogP contribution >= 0.6 is 0 Å². The molecule has 1 aliphatic rings. The topological polar surface area (TPSA) is 92.8 Å². The maximum absolute atomic E-state index is 11.7. The molecule has 1 N–H and O–H groups in total. The molecule has 0 radical (unpaired) electrons. The summed E-state index contributed by atoms with van der Waals surface area (Å²) in [6.07, 6.45) is 3.98. The molecule has 132 valence electrons. The van der Waals surface area contributed by atoms with Crippen LogP contribution in [-0.2, 0) is 23.9 Å². The van der Waals surface area contributed by atoms with E-state index in [9.17, 15) is 19.2 Å². The first-order valence-electron chi connectivity index (χ1n) is 8.06. The largest absolute Gasteiger partial charge is 0.455 e. The number of carbonyl (C=O) groups excluding carboxylic acids is 4. The van der Waals surface area contributed by atoms with Gasteiger partial charge in [0.1, 0.15) is 0 Å². The van der Waals surface area contributed by atoms with Gasteiger partial charge in [-0.2, -0.15) is 0 Å². The fourth-order valence-corrected chi connectivity index (χ4v) is 2.29. The predicted molar refractivity (Wildman–Crippen MR) is 90.0 cm³/mol. The molecule has 0 spiro atoms. The van der Waals surface area contributed by atoms with E-state index >= 15 is 0 Å². The van der Waals surface area contributed by atoms with Crippen molar-refractivity contribution in [2.24, 2.45) is 0 Å². The van der Waals surface area contributed by atoms with Crippen molar-refractivity contribution < 1.29 is 23.9 Å². The summed E-state index contributed by atoms with van der Waals surface area (Å²) < 4.78 is 4.82. The second-order valence-corrected chi connectivity index (χ2v) is 5.49. The Morgan fingerprint density at radius 1 is 1.20 bits per heavy atom. The third-order valence-electron chi connectivity index (χ3n) is 3.59. The lowest BCUT2D eigenvalue weighted by Crippen LogP contribution is -2.35. The number of carbonyl (C=O) groups is 4. The number of nitrogens with zero attached hydrogens (tertiary/aromatic N) is 1. The molecule has 1 saturated heterocycles. The highest BCUT2D eigenvalue weighted by Gasteiger charge is 2.26. The van der Waals surface area contributed by atoms with Crippen LogP contribution in [-0.4, -0.2) is 48.3 Å². The number of likely N-dealkylation sites (tertiary alicyclic amines) is 1. The monoisotopic (exact) mass is 344 g/mol. The molecular weight excluding hydrogens is 324 g/mol. The zero-order valence-corrected chi connectivity index (χ0v) is 13.8. The summed E-state index contributed by atoms with van der Waals surface area (Å²) >= 11 is 0. The Hall–Kier alpha value is -2.96. The van der Waals surface area contributed by atoms with Gasteiger partial charge >= 0.3 is 5.97 Å². The molecule has 7 nitrogen and oxygen atoms in total. The molecule has 1 aliphatic heterocycles. The zero-order chi connectivity index (χ0) is 18.1. The molecule has 7 heteroatoms. The molecule has 0 aliphatic carbocycles. The van der Waals surface area contributed by atoms with Crippen molar-refractivity contribution in [3.63, 3.8) is 0 Å². The lowest BCUT2D eigenvalue weighted by atomic mass is 10.2. The second-order valence-electron chi connectivity index (χ2n) is 5.49. The average molecular weight is 344 g/mol. The van der Waals surface area contributed by atoms with Crippen molar-refractivity contribution in [1.82, 2.24) is 10.2 Å². The number of esters is 1. The summed E-state index contributed by atoms with van der Waals surface area (Å²) in [7, 11) is 0. The summed E-state index contributed by atoms with van der Waals surface area (Å²) in [5.74, 6) is -1.67. The van der Waals surface area contributed by atoms with Crippen LogP contribution in [0.5, 0.6) is 0 Å². The highest BCUT2D eigenvalue weighted by atomic mass is 16.5. The summed E-state index contributed by atoms with van der Waals surface area (Å²) in [6.45, 7) is 0.0269. The van der Waals surface area contributed by atoms with Gasteiger partial charge in [0.25, 0.3) is 5.91 Å². The van der Waals surface area contributed by atoms with Crippen molar-refractivity contribution in [2.75, 3.05) is 19.7 Å². The molecule has 0 saturated carbocycles. The maximum atomic E-state index is 11.7. The molecule has 2 rings (SSSR count). The van der Waals surface area contributed by atoms with Gasteiger partial charge < -0.3 is 10.1 Å². The predicted octanol–water partition coefficient (Wildman–Crippen LogP) is 0.898. The molecule has 1 fully saturated rings. The molecule has 0 aromatic heterocycles. The van der Waals surface area contributed by atoms with Crippen LogP contribution in [0.1, 0.15) is 24.8 Å². The van der Waals surface area contributed by atoms with Gasteiger partial charge in [-0.15, -0.1) is 0 Å². The van der Waals surface area contributed by atoms with Gasteiger partial charge in [0, 0.05) is 25.6 Å². The highest BCUT2D eigenvalue weighted by molar-refractivity contribution is 5.97. The molecule has 1 aromatic rings. The third kappa shape index (κ3) is 6.21. The van der Waals surface area contributed by atoms with Crippen molar-refractivity contribution >= 4 is 29.8 Å². The summed E-state index contributed by atoms with van der Waals surface area (Å²) in [6, 6.07) is 9.34. The van der Waals surface area contributed by atoms with Gasteiger partial charge in [-0.05, 0) is 18.1 Å². The van der Waals surface area contributed by atoms with E-state index in [0.717, 1.165) is 10.5 Å². The Labute approximate surface area is 145 Å². The molecule has 0 unspecified atom stereocenters. The van der Waals surface area contributed by atoms with Gasteiger partial charge in [-0.25, -0.2) is 0 Å². The minimum Gasteiger partial charge on any atom is -0.455 e. The van der Waals surface area contributed by atoms with Crippen LogP contribution < -0.4 is 5.32 Å². The van der Waals surface area contributed by atoms with E-state index in [0.29, 0.717) is 19.4 Å². The minimum atomic E-state index is -0.604. The van der Waals surface area contributed by atoms with Crippen LogP contribution in [0.15, 0.2) is 36.4 Å². The fraction of sp³-hybridized carbons (Fsp3) is 0.333. The summed E-state index contributed by atoms with van der Waals surface area (Å²) in [5, 5.41) is 2.56. The number of hydrogen-bond donors (Lipinski definition) is 1. The van der Waals surface area contributed by atoms with E-state index in [1.54, 1.807) is 6.08 Å². The smallest absolute Gasteiger partial charge is 0.308 e. The Morgan fingerprint density at radius 2 is 1.96 bits per heavy atom. The van der Waals surface area contributed by atoms with Crippen LogP contribution in [0.2, 0.25) is 0 Å². The van der Waals surface area contributed by atoms with Crippen molar-refractivity contribution in [1.29, 1.82) is 0 Å². The van der Waals surface area contributed by atoms with E-state index in [4.69, 9.17) is 4.74 Å². The Kier molecular flexibility index (Phi) is 6.88. The van der Waals surface area contributed by atoms with E-state index in [1.807, 2.05) is 30.3 Å².